The molecule has 9 rings (SSSR count). The van der Waals surface area contributed by atoms with Gasteiger partial charge in [0.1, 0.15) is 0 Å². The summed E-state index contributed by atoms with van der Waals surface area (Å²) in [7, 11) is 2.09. The van der Waals surface area contributed by atoms with Gasteiger partial charge in [-0.2, -0.15) is 0 Å². The monoisotopic (exact) mass is 772 g/mol. The first-order valence-corrected chi connectivity index (χ1v) is 20.9. The van der Waals surface area contributed by atoms with Crippen LogP contribution in [0.2, 0.25) is 0 Å². The van der Waals surface area contributed by atoms with Gasteiger partial charge in [0.15, 0.2) is 0 Å². The van der Waals surface area contributed by atoms with Crippen molar-refractivity contribution >= 4 is 75.6 Å². The van der Waals surface area contributed by atoms with E-state index in [1.54, 1.807) is 0 Å². The average Bonchev–Trinajstić information content (AvgIpc) is 3.77. The molecule has 0 saturated heterocycles. The Morgan fingerprint density at radius 3 is 2.20 bits per heavy atom. The third-order valence-corrected chi connectivity index (χ3v) is 11.9. The van der Waals surface area contributed by atoms with E-state index < -0.39 is 0 Å². The van der Waals surface area contributed by atoms with Gasteiger partial charge >= 0.3 is 0 Å². The Bertz CT molecular complexity index is 3030. The number of benzene rings is 6. The first kappa shape index (κ1) is 38.2. The fourth-order valence-corrected chi connectivity index (χ4v) is 8.73. The lowest BCUT2D eigenvalue weighted by molar-refractivity contribution is 1.20. The van der Waals surface area contributed by atoms with Gasteiger partial charge in [-0.25, -0.2) is 0 Å². The van der Waals surface area contributed by atoms with E-state index >= 15 is 0 Å². The molecule has 6 aromatic carbocycles. The third kappa shape index (κ3) is 7.80. The molecule has 2 heteroatoms. The largest absolute Gasteiger partial charge is 0.343 e. The van der Waals surface area contributed by atoms with Crippen LogP contribution in [0.5, 0.6) is 0 Å². The summed E-state index contributed by atoms with van der Waals surface area (Å²) >= 11 is 0. The lowest BCUT2D eigenvalue weighted by Gasteiger charge is -2.23. The van der Waals surface area contributed by atoms with E-state index in [9.17, 15) is 0 Å². The smallest absolute Gasteiger partial charge is 0.0866 e. The summed E-state index contributed by atoms with van der Waals surface area (Å²) in [6, 6.07) is 45.1. The van der Waals surface area contributed by atoms with E-state index in [0.717, 1.165) is 53.0 Å². The Hall–Kier alpha value is -7.29. The molecule has 3 aliphatic carbocycles. The lowest BCUT2D eigenvalue weighted by Crippen LogP contribution is -2.22. The Morgan fingerprint density at radius 1 is 0.650 bits per heavy atom. The van der Waals surface area contributed by atoms with E-state index in [2.05, 4.69) is 208 Å². The number of allylic oxidation sites excluding steroid dienone is 12. The number of fused-ring (bicyclic) bond motifs is 3. The van der Waals surface area contributed by atoms with Crippen molar-refractivity contribution in [3.8, 4) is 0 Å². The van der Waals surface area contributed by atoms with Gasteiger partial charge in [0.25, 0.3) is 0 Å². The van der Waals surface area contributed by atoms with Gasteiger partial charge < -0.3 is 4.90 Å². The highest BCUT2D eigenvalue weighted by Crippen LogP contribution is 2.43. The standard InChI is InChI=1S/C58H48N2/c1-4-43(45-23-16-18-42(32-33-45)40-59-55-30-14-15-31-56(55)60(3)51-26-6-5-7-27-51)39-54-41(2)57(48-36-34-46-20-8-9-21-47(46)35-37-48)52-28-12-13-29-53(52)58(54)50-25-17-24-44-19-10-11-22-49(44)38-50/h4-15,17-24,26-36,38-40H,1,16,25,37H2,2-3H3/b43-39+,59-40?. The van der Waals surface area contributed by atoms with Crippen LogP contribution in [0.3, 0.4) is 0 Å². The maximum Gasteiger partial charge on any atom is 0.0866 e. The SMILES string of the molecule is C=C/C(=C\c1c(C)c(C2=CC=c3ccccc3=CC2)c2ccccc2c1C1=Cc2ccccc2C=CC1)C1=CCC=C(C=Nc2ccccc2N(C)c2ccccc2)C=C1. The topological polar surface area (TPSA) is 15.6 Å². The Kier molecular flexibility index (Phi) is 11.0. The molecule has 2 nitrogen and oxygen atoms in total. The molecule has 0 saturated carbocycles. The van der Waals surface area contributed by atoms with Crippen LogP contribution in [0.1, 0.15) is 52.6 Å². The van der Waals surface area contributed by atoms with Crippen molar-refractivity contribution in [1.82, 2.24) is 0 Å². The summed E-state index contributed by atoms with van der Waals surface area (Å²) < 4.78 is 0. The molecule has 3 aliphatic rings. The zero-order valence-corrected chi connectivity index (χ0v) is 34.4. The highest BCUT2D eigenvalue weighted by molar-refractivity contribution is 6.08. The van der Waals surface area contributed by atoms with Crippen LogP contribution >= 0.6 is 0 Å². The summed E-state index contributed by atoms with van der Waals surface area (Å²) in [4.78, 5) is 7.19. The molecule has 0 fully saturated rings. The molecule has 0 bridgehead atoms. The summed E-state index contributed by atoms with van der Waals surface area (Å²) in [5, 5.41) is 5.07. The van der Waals surface area contributed by atoms with Crippen molar-refractivity contribution in [2.24, 2.45) is 4.99 Å². The number of nitrogens with zero attached hydrogens (tertiary/aromatic N) is 2. The van der Waals surface area contributed by atoms with Gasteiger partial charge in [-0.3, -0.25) is 4.99 Å². The molecule has 0 aliphatic heterocycles. The Morgan fingerprint density at radius 2 is 1.37 bits per heavy atom. The van der Waals surface area contributed by atoms with Gasteiger partial charge in [0, 0.05) is 18.9 Å². The predicted molar refractivity (Wildman–Crippen MR) is 261 cm³/mol. The fourth-order valence-electron chi connectivity index (χ4n) is 8.73. The molecule has 0 amide bonds. The van der Waals surface area contributed by atoms with Crippen LogP contribution in [-0.4, -0.2) is 13.3 Å². The van der Waals surface area contributed by atoms with Gasteiger partial charge in [0.2, 0.25) is 0 Å². The molecule has 0 unspecified atom stereocenters. The van der Waals surface area contributed by atoms with E-state index in [-0.39, 0.29) is 0 Å². The summed E-state index contributed by atoms with van der Waals surface area (Å²) in [5.41, 5.74) is 16.6. The van der Waals surface area contributed by atoms with E-state index in [1.165, 1.54) is 65.7 Å². The second-order valence-corrected chi connectivity index (χ2v) is 15.5. The van der Waals surface area contributed by atoms with Crippen molar-refractivity contribution in [3.63, 3.8) is 0 Å². The summed E-state index contributed by atoms with van der Waals surface area (Å²) in [6.07, 6.45) is 31.8. The minimum Gasteiger partial charge on any atom is -0.343 e. The molecular formula is C58H48N2. The normalized spacial score (nSPS) is 14.9. The van der Waals surface area contributed by atoms with Crippen molar-refractivity contribution in [2.45, 2.75) is 26.2 Å². The highest BCUT2D eigenvalue weighted by atomic mass is 15.1. The van der Waals surface area contributed by atoms with Crippen molar-refractivity contribution in [1.29, 1.82) is 0 Å². The zero-order chi connectivity index (χ0) is 40.8. The van der Waals surface area contributed by atoms with Crippen molar-refractivity contribution in [2.75, 3.05) is 11.9 Å². The molecule has 60 heavy (non-hydrogen) atoms. The van der Waals surface area contributed by atoms with Crippen LogP contribution in [0.25, 0.3) is 52.3 Å². The molecular weight excluding hydrogens is 725 g/mol. The molecule has 0 spiro atoms. The van der Waals surface area contributed by atoms with E-state index in [0.29, 0.717) is 0 Å². The minimum atomic E-state index is 0.779. The van der Waals surface area contributed by atoms with Crippen LogP contribution in [-0.2, 0) is 0 Å². The molecule has 0 radical (unpaired) electrons. The minimum absolute atomic E-state index is 0.779. The molecule has 0 heterocycles. The predicted octanol–water partition coefficient (Wildman–Crippen LogP) is 13.7. The van der Waals surface area contributed by atoms with E-state index in [1.807, 2.05) is 24.4 Å². The maximum absolute atomic E-state index is 5.01. The lowest BCUT2D eigenvalue weighted by atomic mass is 9.81. The van der Waals surface area contributed by atoms with Crippen LogP contribution < -0.4 is 15.3 Å². The number of aliphatic imine (C=N–C) groups is 1. The first-order valence-electron chi connectivity index (χ1n) is 20.9. The molecule has 0 N–H and O–H groups in total. The molecule has 0 atom stereocenters. The Balaban J connectivity index is 1.14. The van der Waals surface area contributed by atoms with Gasteiger partial charge in [-0.05, 0) is 139 Å². The average molecular weight is 773 g/mol. The number of hydrogen-bond acceptors (Lipinski definition) is 2. The second kappa shape index (κ2) is 17.3. The van der Waals surface area contributed by atoms with Crippen molar-refractivity contribution in [3.05, 3.63) is 237 Å². The number of anilines is 2. The number of para-hydroxylation sites is 3. The second-order valence-electron chi connectivity index (χ2n) is 15.5. The van der Waals surface area contributed by atoms with Crippen LogP contribution in [0, 0.1) is 6.92 Å². The summed E-state index contributed by atoms with van der Waals surface area (Å²) in [6.45, 7) is 6.72. The van der Waals surface area contributed by atoms with Crippen molar-refractivity contribution < 1.29 is 0 Å². The third-order valence-electron chi connectivity index (χ3n) is 11.9. The van der Waals surface area contributed by atoms with Crippen LogP contribution in [0.4, 0.5) is 17.1 Å². The first-order chi connectivity index (χ1) is 29.6. The quantitative estimate of drug-likeness (QED) is 0.106. The van der Waals surface area contributed by atoms with Gasteiger partial charge in [0.05, 0.1) is 11.4 Å². The molecule has 290 valence electrons. The molecule has 6 aromatic rings. The molecule has 0 aromatic heterocycles. The zero-order valence-electron chi connectivity index (χ0n) is 34.4. The van der Waals surface area contributed by atoms with Gasteiger partial charge in [-0.1, -0.05) is 177 Å². The maximum atomic E-state index is 5.01. The van der Waals surface area contributed by atoms with E-state index in [4.69, 9.17) is 4.99 Å². The number of hydrogen-bond donors (Lipinski definition) is 0. The van der Waals surface area contributed by atoms with Crippen LogP contribution in [0.15, 0.2) is 198 Å². The number of rotatable bonds is 9. The highest BCUT2D eigenvalue weighted by Gasteiger charge is 2.22. The fraction of sp³-hybridized carbons (Fsp3) is 0.0862. The summed E-state index contributed by atoms with van der Waals surface area (Å²) in [5.74, 6) is 0. The Labute approximate surface area is 354 Å². The van der Waals surface area contributed by atoms with Gasteiger partial charge in [-0.15, -0.1) is 0 Å².